The van der Waals surface area contributed by atoms with Gasteiger partial charge in [-0.25, -0.2) is 14.4 Å². The molecule has 0 aromatic heterocycles. The van der Waals surface area contributed by atoms with E-state index in [0.717, 1.165) is 59.6 Å². The first-order valence-corrected chi connectivity index (χ1v) is 22.1. The molecule has 0 amide bonds. The van der Waals surface area contributed by atoms with Gasteiger partial charge in [-0.15, -0.1) is 0 Å². The number of aryl methyl sites for hydroxylation is 1. The minimum absolute atomic E-state index is 0.0255. The number of benzene rings is 5. The number of fused-ring (bicyclic) bond motifs is 3. The van der Waals surface area contributed by atoms with Gasteiger partial charge >= 0.3 is 23.9 Å². The van der Waals surface area contributed by atoms with Crippen LogP contribution in [0.3, 0.4) is 0 Å². The van der Waals surface area contributed by atoms with E-state index in [0.29, 0.717) is 58.8 Å². The summed E-state index contributed by atoms with van der Waals surface area (Å²) in [5.74, 6) is -0.789. The van der Waals surface area contributed by atoms with Crippen LogP contribution in [0.5, 0.6) is 17.2 Å². The zero-order valence-corrected chi connectivity index (χ0v) is 36.5. The van der Waals surface area contributed by atoms with Gasteiger partial charge in [0.2, 0.25) is 5.83 Å². The van der Waals surface area contributed by atoms with E-state index in [1.807, 2.05) is 42.5 Å². The number of allylic oxidation sites excluding steroid dienone is 2. The van der Waals surface area contributed by atoms with E-state index in [2.05, 4.69) is 23.5 Å². The highest BCUT2D eigenvalue weighted by atomic mass is 19.1. The summed E-state index contributed by atoms with van der Waals surface area (Å²) in [6, 6.07) is 30.5. The van der Waals surface area contributed by atoms with Crippen molar-refractivity contribution in [2.45, 2.75) is 45.1 Å². The van der Waals surface area contributed by atoms with Crippen molar-refractivity contribution < 1.29 is 56.7 Å². The van der Waals surface area contributed by atoms with Crippen molar-refractivity contribution in [3.8, 4) is 17.2 Å². The summed E-state index contributed by atoms with van der Waals surface area (Å²) in [6.45, 7) is 4.21. The summed E-state index contributed by atoms with van der Waals surface area (Å²) < 4.78 is 51.0. The minimum atomic E-state index is -1.16. The molecule has 0 heterocycles. The molecule has 1 fully saturated rings. The van der Waals surface area contributed by atoms with Crippen LogP contribution in [-0.2, 0) is 48.0 Å². The van der Waals surface area contributed by atoms with Crippen LogP contribution < -0.4 is 14.2 Å². The molecule has 0 radical (unpaired) electrons. The molecular weight excluding hydrogens is 846 g/mol. The molecule has 3 unspecified atom stereocenters. The van der Waals surface area contributed by atoms with Gasteiger partial charge in [0.25, 0.3) is 0 Å². The number of hydrogen-bond donors (Lipinski definition) is 1. The molecule has 1 saturated carbocycles. The van der Waals surface area contributed by atoms with E-state index in [1.54, 1.807) is 60.7 Å². The number of carbonyl (C=O) groups excluding carboxylic acids is 4. The molecule has 3 atom stereocenters. The first kappa shape index (κ1) is 46.9. The number of unbranched alkanes of at least 4 members (excludes halogenated alkanes) is 1. The number of ether oxygens (including phenoxy) is 7. The standard InChI is InChI=1S/C53H52FNO11/c1-35(54)50(56)64-29-27-60-26-28-61-44-17-10-38(11-18-44)34-65-49-22-16-42-32-43(15-21-46(42)48(49)33-55)51(57)63-25-23-37-8-19-45(20-9-37)66-52(58)40-12-5-36(6-13-40)4-2-3-24-62-53(59)47-31-39-7-14-41(47)30-39/h5-22,32-33,39,41,47,55H,1-4,23-31,34H2. The Morgan fingerprint density at radius 3 is 2.09 bits per heavy atom. The van der Waals surface area contributed by atoms with Gasteiger partial charge in [0.15, 0.2) is 0 Å². The quantitative estimate of drug-likeness (QED) is 0.0120. The van der Waals surface area contributed by atoms with Crippen molar-refractivity contribution in [3.05, 3.63) is 161 Å². The average molecular weight is 898 g/mol. The topological polar surface area (TPSA) is 157 Å². The Labute approximate surface area is 382 Å². The van der Waals surface area contributed by atoms with E-state index in [-0.39, 0.29) is 51.5 Å². The van der Waals surface area contributed by atoms with Crippen LogP contribution in [0.4, 0.5) is 4.39 Å². The predicted octanol–water partition coefficient (Wildman–Crippen LogP) is 9.54. The van der Waals surface area contributed by atoms with Crippen molar-refractivity contribution in [2.24, 2.45) is 17.8 Å². The van der Waals surface area contributed by atoms with Gasteiger partial charge < -0.3 is 38.6 Å². The summed E-state index contributed by atoms with van der Waals surface area (Å²) in [5.41, 5.74) is 4.27. The molecule has 66 heavy (non-hydrogen) atoms. The number of hydrogen-bond acceptors (Lipinski definition) is 12. The second kappa shape index (κ2) is 23.2. The zero-order valence-electron chi connectivity index (χ0n) is 36.5. The average Bonchev–Trinajstić information content (AvgIpc) is 3.98. The molecule has 2 bridgehead atoms. The second-order valence-electron chi connectivity index (χ2n) is 16.1. The van der Waals surface area contributed by atoms with Crippen LogP contribution in [0.25, 0.3) is 10.8 Å². The molecule has 2 aliphatic carbocycles. The summed E-state index contributed by atoms with van der Waals surface area (Å²) >= 11 is 0. The Kier molecular flexibility index (Phi) is 16.5. The predicted molar refractivity (Wildman–Crippen MR) is 245 cm³/mol. The van der Waals surface area contributed by atoms with Crippen LogP contribution in [0.1, 0.15) is 68.7 Å². The molecule has 5 aromatic rings. The maximum atomic E-state index is 13.0. The number of carbonyl (C=O) groups is 4. The zero-order chi connectivity index (χ0) is 46.3. The summed E-state index contributed by atoms with van der Waals surface area (Å²) in [4.78, 5) is 49.3. The maximum absolute atomic E-state index is 13.0. The van der Waals surface area contributed by atoms with Crippen LogP contribution in [-0.4, -0.2) is 69.7 Å². The van der Waals surface area contributed by atoms with Gasteiger partial charge in [-0.3, -0.25) is 4.79 Å². The molecule has 2 aliphatic rings. The fraction of sp³-hybridized carbons (Fsp3) is 0.302. The first-order valence-electron chi connectivity index (χ1n) is 22.1. The molecule has 342 valence electrons. The van der Waals surface area contributed by atoms with Gasteiger partial charge in [-0.1, -0.05) is 67.3 Å². The lowest BCUT2D eigenvalue weighted by molar-refractivity contribution is -0.149. The van der Waals surface area contributed by atoms with Crippen LogP contribution in [0.2, 0.25) is 0 Å². The highest BCUT2D eigenvalue weighted by Crippen LogP contribution is 2.44. The molecule has 7 rings (SSSR count). The molecule has 12 nitrogen and oxygen atoms in total. The number of halogens is 1. The van der Waals surface area contributed by atoms with Gasteiger partial charge in [-0.2, -0.15) is 4.39 Å². The lowest BCUT2D eigenvalue weighted by atomic mass is 9.94. The Morgan fingerprint density at radius 2 is 1.36 bits per heavy atom. The highest BCUT2D eigenvalue weighted by Gasteiger charge is 2.40. The molecular formula is C53H52FNO11. The maximum Gasteiger partial charge on any atom is 0.366 e. The van der Waals surface area contributed by atoms with Gasteiger partial charge in [0, 0.05) is 18.2 Å². The van der Waals surface area contributed by atoms with E-state index in [1.165, 1.54) is 6.21 Å². The van der Waals surface area contributed by atoms with E-state index >= 15 is 0 Å². The number of nitrogens with one attached hydrogen (secondary N) is 1. The highest BCUT2D eigenvalue weighted by molar-refractivity contribution is 6.04. The molecule has 13 heteroatoms. The van der Waals surface area contributed by atoms with Crippen molar-refractivity contribution >= 4 is 40.9 Å². The number of esters is 4. The molecule has 0 saturated heterocycles. The first-order chi connectivity index (χ1) is 32.1. The third-order valence-electron chi connectivity index (χ3n) is 11.5. The number of rotatable bonds is 24. The lowest BCUT2D eigenvalue weighted by Gasteiger charge is -2.16. The van der Waals surface area contributed by atoms with E-state index in [4.69, 9.17) is 33.8 Å². The third kappa shape index (κ3) is 13.0. The summed E-state index contributed by atoms with van der Waals surface area (Å²) in [7, 11) is 0. The SMILES string of the molecule is C=C(F)C(=O)OCCOCCOc1ccc(COc2ccc3cc(C(=O)OCCc4ccc(OC(=O)c5ccc(CCCCOC(=O)C6CC7C=CC6C7)cc5)cc4)ccc3c2C=N)cc1. The Hall–Kier alpha value is -7.12. The van der Waals surface area contributed by atoms with Crippen LogP contribution >= 0.6 is 0 Å². The molecule has 5 aromatic carbocycles. The van der Waals surface area contributed by atoms with Crippen molar-refractivity contribution in [1.82, 2.24) is 0 Å². The van der Waals surface area contributed by atoms with Crippen LogP contribution in [0, 0.1) is 23.2 Å². The van der Waals surface area contributed by atoms with Gasteiger partial charge in [-0.05, 0) is 126 Å². The van der Waals surface area contributed by atoms with Crippen molar-refractivity contribution in [2.75, 3.05) is 39.6 Å². The molecule has 0 spiro atoms. The molecule has 1 N–H and O–H groups in total. The second-order valence-corrected chi connectivity index (χ2v) is 16.1. The largest absolute Gasteiger partial charge is 0.491 e. The summed E-state index contributed by atoms with van der Waals surface area (Å²) in [5, 5.41) is 9.60. The Morgan fingerprint density at radius 1 is 0.652 bits per heavy atom. The lowest BCUT2D eigenvalue weighted by Crippen LogP contribution is -2.22. The smallest absolute Gasteiger partial charge is 0.366 e. The normalized spacial score (nSPS) is 15.8. The van der Waals surface area contributed by atoms with Crippen LogP contribution in [0.15, 0.2) is 128 Å². The third-order valence-corrected chi connectivity index (χ3v) is 11.5. The van der Waals surface area contributed by atoms with Crippen molar-refractivity contribution in [1.29, 1.82) is 5.41 Å². The summed E-state index contributed by atoms with van der Waals surface area (Å²) in [6.07, 6.45) is 10.6. The fourth-order valence-corrected chi connectivity index (χ4v) is 7.98. The van der Waals surface area contributed by atoms with Gasteiger partial charge in [0.1, 0.15) is 37.1 Å². The minimum Gasteiger partial charge on any atom is -0.491 e. The van der Waals surface area contributed by atoms with E-state index in [9.17, 15) is 23.6 Å². The fourth-order valence-electron chi connectivity index (χ4n) is 7.98. The van der Waals surface area contributed by atoms with Crippen molar-refractivity contribution in [3.63, 3.8) is 0 Å². The Bertz CT molecular complexity index is 2540. The molecule has 0 aliphatic heterocycles. The Balaban J connectivity index is 0.789. The monoisotopic (exact) mass is 897 g/mol. The van der Waals surface area contributed by atoms with Gasteiger partial charge in [0.05, 0.1) is 43.5 Å². The van der Waals surface area contributed by atoms with E-state index < -0.39 is 23.7 Å².